The van der Waals surface area contributed by atoms with E-state index in [2.05, 4.69) is 0 Å². The first kappa shape index (κ1) is 22.5. The van der Waals surface area contributed by atoms with Gasteiger partial charge in [-0.05, 0) is 49.2 Å². The quantitative estimate of drug-likeness (QED) is 0.630. The molecule has 1 aliphatic heterocycles. The first-order valence-corrected chi connectivity index (χ1v) is 11.8. The Morgan fingerprint density at radius 3 is 2.50 bits per heavy atom. The molecule has 2 aromatic carbocycles. The van der Waals surface area contributed by atoms with Gasteiger partial charge in [0.2, 0.25) is 0 Å². The fourth-order valence-electron chi connectivity index (χ4n) is 3.43. The Kier molecular flexibility index (Phi) is 6.98. The highest BCUT2D eigenvalue weighted by atomic mass is 35.5. The standard InChI is InChI=1S/C21H22ClF2NO4S/c1-2-20(29-16-8-6-14(23)7-9-16)21(26)25(15-10-11-30(27,28)13-15)12-17-18(22)4-3-5-19(17)24/h3-9,15,20H,2,10-13H2,1H3/t15-,20+/m1/s1. The van der Waals surface area contributed by atoms with Gasteiger partial charge in [0.25, 0.3) is 5.91 Å². The zero-order valence-electron chi connectivity index (χ0n) is 16.4. The maximum absolute atomic E-state index is 14.4. The molecule has 1 aliphatic rings. The molecule has 0 bridgehead atoms. The van der Waals surface area contributed by atoms with Crippen LogP contribution in [0.5, 0.6) is 5.75 Å². The van der Waals surface area contributed by atoms with Gasteiger partial charge in [-0.1, -0.05) is 24.6 Å². The van der Waals surface area contributed by atoms with E-state index in [9.17, 15) is 22.0 Å². The van der Waals surface area contributed by atoms with Gasteiger partial charge in [0, 0.05) is 16.6 Å². The molecular weight excluding hydrogens is 436 g/mol. The lowest BCUT2D eigenvalue weighted by atomic mass is 10.1. The van der Waals surface area contributed by atoms with Crippen LogP contribution in [0.3, 0.4) is 0 Å². The second kappa shape index (κ2) is 9.31. The number of halogens is 3. The molecule has 0 spiro atoms. The SMILES string of the molecule is CC[C@H](Oc1ccc(F)cc1)C(=O)N(Cc1c(F)cccc1Cl)[C@@H]1CCS(=O)(=O)C1. The smallest absolute Gasteiger partial charge is 0.264 e. The van der Waals surface area contributed by atoms with Crippen molar-refractivity contribution in [3.8, 4) is 5.75 Å². The number of nitrogens with zero attached hydrogens (tertiary/aromatic N) is 1. The topological polar surface area (TPSA) is 63.7 Å². The molecule has 0 N–H and O–H groups in total. The molecule has 0 radical (unpaired) electrons. The fourth-order valence-corrected chi connectivity index (χ4v) is 5.39. The predicted molar refractivity (Wildman–Crippen MR) is 110 cm³/mol. The largest absolute Gasteiger partial charge is 0.481 e. The van der Waals surface area contributed by atoms with E-state index in [1.165, 1.54) is 47.4 Å². The molecule has 0 unspecified atom stereocenters. The van der Waals surface area contributed by atoms with Gasteiger partial charge in [-0.3, -0.25) is 4.79 Å². The van der Waals surface area contributed by atoms with Crippen LogP contribution in [0.1, 0.15) is 25.3 Å². The zero-order chi connectivity index (χ0) is 21.9. The van der Waals surface area contributed by atoms with E-state index in [0.29, 0.717) is 5.75 Å². The van der Waals surface area contributed by atoms with Crippen LogP contribution in [0.4, 0.5) is 8.78 Å². The lowest BCUT2D eigenvalue weighted by molar-refractivity contribution is -0.141. The highest BCUT2D eigenvalue weighted by Gasteiger charge is 2.38. The molecule has 0 aliphatic carbocycles. The molecule has 5 nitrogen and oxygen atoms in total. The van der Waals surface area contributed by atoms with Gasteiger partial charge >= 0.3 is 0 Å². The number of benzene rings is 2. The molecule has 2 aromatic rings. The Labute approximate surface area is 179 Å². The second-order valence-corrected chi connectivity index (χ2v) is 9.83. The maximum Gasteiger partial charge on any atom is 0.264 e. The molecule has 1 amide bonds. The molecule has 162 valence electrons. The molecule has 1 heterocycles. The van der Waals surface area contributed by atoms with Crippen molar-refractivity contribution in [1.82, 2.24) is 4.90 Å². The number of carbonyl (C=O) groups excluding carboxylic acids is 1. The molecule has 0 aromatic heterocycles. The molecule has 3 rings (SSSR count). The third-order valence-corrected chi connectivity index (χ3v) is 7.17. The van der Waals surface area contributed by atoms with Crippen LogP contribution in [-0.4, -0.2) is 42.9 Å². The zero-order valence-corrected chi connectivity index (χ0v) is 17.9. The molecular formula is C21H22ClF2NO4S. The van der Waals surface area contributed by atoms with Crippen molar-refractivity contribution >= 4 is 27.3 Å². The normalized spacial score (nSPS) is 18.7. The summed E-state index contributed by atoms with van der Waals surface area (Å²) in [4.78, 5) is 14.7. The van der Waals surface area contributed by atoms with Gasteiger partial charge in [-0.25, -0.2) is 17.2 Å². The van der Waals surface area contributed by atoms with Crippen molar-refractivity contribution in [2.45, 2.75) is 38.5 Å². The number of ether oxygens (including phenoxy) is 1. The Bertz CT molecular complexity index is 994. The van der Waals surface area contributed by atoms with Gasteiger partial charge in [-0.2, -0.15) is 0 Å². The second-order valence-electron chi connectivity index (χ2n) is 7.19. The summed E-state index contributed by atoms with van der Waals surface area (Å²) in [6.07, 6.45) is -0.395. The summed E-state index contributed by atoms with van der Waals surface area (Å²) in [6, 6.07) is 8.85. The Morgan fingerprint density at radius 1 is 1.23 bits per heavy atom. The Balaban J connectivity index is 1.89. The van der Waals surface area contributed by atoms with Gasteiger partial charge < -0.3 is 9.64 Å². The van der Waals surface area contributed by atoms with E-state index < -0.39 is 39.5 Å². The molecule has 9 heteroatoms. The van der Waals surface area contributed by atoms with Crippen LogP contribution in [0, 0.1) is 11.6 Å². The number of amides is 1. The summed E-state index contributed by atoms with van der Waals surface area (Å²) in [5.41, 5.74) is 0.119. The van der Waals surface area contributed by atoms with Gasteiger partial charge in [-0.15, -0.1) is 0 Å². The fraction of sp³-hybridized carbons (Fsp3) is 0.381. The van der Waals surface area contributed by atoms with Crippen molar-refractivity contribution in [2.24, 2.45) is 0 Å². The van der Waals surface area contributed by atoms with Crippen LogP contribution >= 0.6 is 11.6 Å². The van der Waals surface area contributed by atoms with E-state index in [-0.39, 0.29) is 41.5 Å². The highest BCUT2D eigenvalue weighted by molar-refractivity contribution is 7.91. The van der Waals surface area contributed by atoms with Crippen molar-refractivity contribution < 1.29 is 26.7 Å². The Morgan fingerprint density at radius 2 is 1.93 bits per heavy atom. The van der Waals surface area contributed by atoms with E-state index in [1.807, 2.05) is 0 Å². The molecule has 1 saturated heterocycles. The van der Waals surface area contributed by atoms with E-state index in [1.54, 1.807) is 6.92 Å². The van der Waals surface area contributed by atoms with Crippen molar-refractivity contribution in [3.05, 3.63) is 64.7 Å². The van der Waals surface area contributed by atoms with Gasteiger partial charge in [0.05, 0.1) is 18.1 Å². The average molecular weight is 458 g/mol. The molecule has 1 fully saturated rings. The summed E-state index contributed by atoms with van der Waals surface area (Å²) in [6.45, 7) is 1.57. The number of hydrogen-bond donors (Lipinski definition) is 0. The average Bonchev–Trinajstić information content (AvgIpc) is 3.06. The van der Waals surface area contributed by atoms with E-state index in [0.717, 1.165) is 0 Å². The summed E-state index contributed by atoms with van der Waals surface area (Å²) >= 11 is 6.14. The minimum absolute atomic E-state index is 0.0396. The van der Waals surface area contributed by atoms with Crippen LogP contribution in [0.25, 0.3) is 0 Å². The number of sulfone groups is 1. The summed E-state index contributed by atoms with van der Waals surface area (Å²) in [7, 11) is -3.29. The third kappa shape index (κ3) is 5.29. The third-order valence-electron chi connectivity index (χ3n) is 5.06. The first-order chi connectivity index (χ1) is 14.2. The predicted octanol–water partition coefficient (Wildman–Crippen LogP) is 3.99. The van der Waals surface area contributed by atoms with Crippen LogP contribution < -0.4 is 4.74 Å². The minimum atomic E-state index is -3.29. The van der Waals surface area contributed by atoms with Crippen LogP contribution in [0.15, 0.2) is 42.5 Å². The van der Waals surface area contributed by atoms with Crippen molar-refractivity contribution in [1.29, 1.82) is 0 Å². The molecule has 0 saturated carbocycles. The van der Waals surface area contributed by atoms with Crippen LogP contribution in [-0.2, 0) is 21.2 Å². The van der Waals surface area contributed by atoms with Gasteiger partial charge in [0.15, 0.2) is 15.9 Å². The van der Waals surface area contributed by atoms with Crippen molar-refractivity contribution in [3.63, 3.8) is 0 Å². The number of rotatable bonds is 7. The molecule has 2 atom stereocenters. The number of carbonyl (C=O) groups is 1. The number of hydrogen-bond acceptors (Lipinski definition) is 4. The van der Waals surface area contributed by atoms with Crippen LogP contribution in [0.2, 0.25) is 5.02 Å². The molecule has 30 heavy (non-hydrogen) atoms. The van der Waals surface area contributed by atoms with E-state index >= 15 is 0 Å². The summed E-state index contributed by atoms with van der Waals surface area (Å²) in [5.74, 6) is -1.41. The van der Waals surface area contributed by atoms with E-state index in [4.69, 9.17) is 16.3 Å². The van der Waals surface area contributed by atoms with Gasteiger partial charge in [0.1, 0.15) is 17.4 Å². The highest BCUT2D eigenvalue weighted by Crippen LogP contribution is 2.27. The lowest BCUT2D eigenvalue weighted by Gasteiger charge is -2.32. The lowest BCUT2D eigenvalue weighted by Crippen LogP contribution is -2.47. The maximum atomic E-state index is 14.4. The van der Waals surface area contributed by atoms with Crippen molar-refractivity contribution in [2.75, 3.05) is 11.5 Å². The first-order valence-electron chi connectivity index (χ1n) is 9.56. The summed E-state index contributed by atoms with van der Waals surface area (Å²) in [5, 5.41) is 0.154. The Hall–Kier alpha value is -2.19. The monoisotopic (exact) mass is 457 g/mol. The minimum Gasteiger partial charge on any atom is -0.481 e. The summed E-state index contributed by atoms with van der Waals surface area (Å²) < 4.78 is 57.3.